The molecule has 0 fully saturated rings. The highest BCUT2D eigenvalue weighted by Gasteiger charge is 2.16. The number of rotatable bonds is 6. The van der Waals surface area contributed by atoms with Gasteiger partial charge < -0.3 is 9.73 Å². The second kappa shape index (κ2) is 7.38. The van der Waals surface area contributed by atoms with E-state index in [0.717, 1.165) is 28.8 Å². The molecule has 5 heteroatoms. The number of benzene rings is 1. The van der Waals surface area contributed by atoms with Crippen LogP contribution in [0.15, 0.2) is 43.9 Å². The van der Waals surface area contributed by atoms with Crippen molar-refractivity contribution in [1.82, 2.24) is 5.32 Å². The maximum atomic E-state index is 13.5. The van der Waals surface area contributed by atoms with Gasteiger partial charge in [-0.3, -0.25) is 0 Å². The van der Waals surface area contributed by atoms with E-state index in [4.69, 9.17) is 4.42 Å². The largest absolute Gasteiger partial charge is 0.453 e. The molecule has 0 spiro atoms. The lowest BCUT2D eigenvalue weighted by Crippen LogP contribution is -2.23. The molecule has 0 aliphatic heterocycles. The minimum atomic E-state index is -0.232. The molecule has 1 heterocycles. The van der Waals surface area contributed by atoms with Gasteiger partial charge in [0.15, 0.2) is 4.67 Å². The maximum absolute atomic E-state index is 13.5. The van der Waals surface area contributed by atoms with Gasteiger partial charge in [-0.25, -0.2) is 4.39 Å². The zero-order chi connectivity index (χ0) is 14.5. The first-order valence-electron chi connectivity index (χ1n) is 6.52. The van der Waals surface area contributed by atoms with Gasteiger partial charge in [0.2, 0.25) is 0 Å². The van der Waals surface area contributed by atoms with E-state index in [0.29, 0.717) is 11.1 Å². The Morgan fingerprint density at radius 2 is 2.05 bits per heavy atom. The summed E-state index contributed by atoms with van der Waals surface area (Å²) in [7, 11) is 0. The van der Waals surface area contributed by atoms with E-state index in [1.165, 1.54) is 6.07 Å². The second-order valence-corrected chi connectivity index (χ2v) is 6.33. The normalized spacial score (nSPS) is 12.6. The third kappa shape index (κ3) is 4.43. The molecule has 0 aliphatic carbocycles. The Labute approximate surface area is 135 Å². The quantitative estimate of drug-likeness (QED) is 0.713. The van der Waals surface area contributed by atoms with Crippen molar-refractivity contribution in [1.29, 1.82) is 0 Å². The highest BCUT2D eigenvalue weighted by atomic mass is 79.9. The van der Waals surface area contributed by atoms with Crippen LogP contribution in [0, 0.1) is 5.82 Å². The lowest BCUT2D eigenvalue weighted by Gasteiger charge is -2.16. The SMILES string of the molecule is CCCNC(Cc1cc(F)cc(Br)c1)c1ccc(Br)o1. The van der Waals surface area contributed by atoms with Crippen LogP contribution in [-0.4, -0.2) is 6.54 Å². The van der Waals surface area contributed by atoms with Gasteiger partial charge in [-0.15, -0.1) is 0 Å². The van der Waals surface area contributed by atoms with Crippen LogP contribution in [-0.2, 0) is 6.42 Å². The Bertz CT molecular complexity index is 551. The van der Waals surface area contributed by atoms with E-state index < -0.39 is 0 Å². The lowest BCUT2D eigenvalue weighted by atomic mass is 10.0. The standard InChI is InChI=1S/C15H16Br2FNO/c1-2-5-19-13(14-3-4-15(17)20-14)8-10-6-11(16)9-12(18)7-10/h3-4,6-7,9,13,19H,2,5,8H2,1H3. The molecule has 2 rings (SSSR count). The van der Waals surface area contributed by atoms with Crippen LogP contribution < -0.4 is 5.32 Å². The van der Waals surface area contributed by atoms with Crippen molar-refractivity contribution >= 4 is 31.9 Å². The Balaban J connectivity index is 2.18. The molecule has 1 unspecified atom stereocenters. The second-order valence-electron chi connectivity index (χ2n) is 4.63. The molecule has 2 aromatic rings. The predicted octanol–water partition coefficient (Wildman–Crippen LogP) is 5.23. The lowest BCUT2D eigenvalue weighted by molar-refractivity contribution is 0.399. The molecule has 1 aromatic carbocycles. The summed E-state index contributed by atoms with van der Waals surface area (Å²) in [6.45, 7) is 3.00. The summed E-state index contributed by atoms with van der Waals surface area (Å²) in [6.07, 6.45) is 1.71. The van der Waals surface area contributed by atoms with E-state index in [1.54, 1.807) is 6.07 Å². The molecule has 2 nitrogen and oxygen atoms in total. The molecule has 0 radical (unpaired) electrons. The van der Waals surface area contributed by atoms with Gasteiger partial charge in [0.25, 0.3) is 0 Å². The van der Waals surface area contributed by atoms with Crippen LogP contribution in [0.25, 0.3) is 0 Å². The highest BCUT2D eigenvalue weighted by Crippen LogP contribution is 2.25. The number of nitrogens with one attached hydrogen (secondary N) is 1. The molecule has 0 aliphatic rings. The minimum absolute atomic E-state index is 0.0370. The van der Waals surface area contributed by atoms with Gasteiger partial charge in [-0.05, 0) is 71.2 Å². The summed E-state index contributed by atoms with van der Waals surface area (Å²) in [5.74, 6) is 0.620. The van der Waals surface area contributed by atoms with Crippen LogP contribution in [0.5, 0.6) is 0 Å². The van der Waals surface area contributed by atoms with E-state index in [2.05, 4.69) is 44.1 Å². The van der Waals surface area contributed by atoms with E-state index in [-0.39, 0.29) is 11.9 Å². The first-order chi connectivity index (χ1) is 9.58. The average Bonchev–Trinajstić information content (AvgIpc) is 2.80. The number of furan rings is 1. The van der Waals surface area contributed by atoms with Crippen molar-refractivity contribution in [2.75, 3.05) is 6.54 Å². The Kier molecular flexibility index (Phi) is 5.81. The number of halogens is 3. The summed E-state index contributed by atoms with van der Waals surface area (Å²) in [5, 5.41) is 3.43. The molecule has 1 N–H and O–H groups in total. The van der Waals surface area contributed by atoms with Gasteiger partial charge in [-0.2, -0.15) is 0 Å². The molecule has 1 atom stereocenters. The monoisotopic (exact) mass is 403 g/mol. The molecule has 1 aromatic heterocycles. The summed E-state index contributed by atoms with van der Waals surface area (Å²) < 4.78 is 20.5. The van der Waals surface area contributed by atoms with E-state index in [9.17, 15) is 4.39 Å². The van der Waals surface area contributed by atoms with Gasteiger partial charge >= 0.3 is 0 Å². The summed E-state index contributed by atoms with van der Waals surface area (Å²) in [6, 6.07) is 8.80. The van der Waals surface area contributed by atoms with Gasteiger partial charge in [0.05, 0.1) is 6.04 Å². The smallest absolute Gasteiger partial charge is 0.169 e. The summed E-state index contributed by atoms with van der Waals surface area (Å²) >= 11 is 6.64. The number of hydrogen-bond donors (Lipinski definition) is 1. The fourth-order valence-electron chi connectivity index (χ4n) is 2.07. The van der Waals surface area contributed by atoms with Crippen molar-refractivity contribution in [3.05, 3.63) is 56.6 Å². The molecule has 0 amide bonds. The van der Waals surface area contributed by atoms with Crippen LogP contribution in [0.3, 0.4) is 0 Å². The first kappa shape index (κ1) is 15.7. The highest BCUT2D eigenvalue weighted by molar-refractivity contribution is 9.10. The molecule has 108 valence electrons. The zero-order valence-corrected chi connectivity index (χ0v) is 14.3. The predicted molar refractivity (Wildman–Crippen MR) is 85.2 cm³/mol. The third-order valence-electron chi connectivity index (χ3n) is 2.94. The summed E-state index contributed by atoms with van der Waals surface area (Å²) in [5.41, 5.74) is 0.929. The topological polar surface area (TPSA) is 25.2 Å². The van der Waals surface area contributed by atoms with Crippen molar-refractivity contribution in [3.8, 4) is 0 Å². The van der Waals surface area contributed by atoms with E-state index in [1.807, 2.05) is 18.2 Å². The van der Waals surface area contributed by atoms with E-state index >= 15 is 0 Å². The minimum Gasteiger partial charge on any atom is -0.453 e. The van der Waals surface area contributed by atoms with Gasteiger partial charge in [-0.1, -0.05) is 22.9 Å². The van der Waals surface area contributed by atoms with Crippen molar-refractivity contribution in [3.63, 3.8) is 0 Å². The van der Waals surface area contributed by atoms with Crippen LogP contribution in [0.1, 0.15) is 30.7 Å². The Hall–Kier alpha value is -0.650. The third-order valence-corrected chi connectivity index (χ3v) is 3.82. The van der Waals surface area contributed by atoms with Crippen molar-refractivity contribution < 1.29 is 8.81 Å². The van der Waals surface area contributed by atoms with Crippen LogP contribution >= 0.6 is 31.9 Å². The molecule has 0 saturated carbocycles. The zero-order valence-electron chi connectivity index (χ0n) is 11.1. The fourth-order valence-corrected chi connectivity index (χ4v) is 2.90. The summed E-state index contributed by atoms with van der Waals surface area (Å²) in [4.78, 5) is 0. The van der Waals surface area contributed by atoms with Gasteiger partial charge in [0.1, 0.15) is 11.6 Å². The van der Waals surface area contributed by atoms with Crippen LogP contribution in [0.4, 0.5) is 4.39 Å². The molecule has 20 heavy (non-hydrogen) atoms. The Morgan fingerprint density at radius 1 is 1.25 bits per heavy atom. The first-order valence-corrected chi connectivity index (χ1v) is 8.10. The van der Waals surface area contributed by atoms with Crippen LogP contribution in [0.2, 0.25) is 0 Å². The Morgan fingerprint density at radius 3 is 2.65 bits per heavy atom. The molecule has 0 bridgehead atoms. The van der Waals surface area contributed by atoms with Crippen molar-refractivity contribution in [2.45, 2.75) is 25.8 Å². The molecular formula is C15H16Br2FNO. The van der Waals surface area contributed by atoms with Gasteiger partial charge in [0, 0.05) is 4.47 Å². The van der Waals surface area contributed by atoms with Crippen molar-refractivity contribution in [2.24, 2.45) is 0 Å². The number of hydrogen-bond acceptors (Lipinski definition) is 2. The molecular weight excluding hydrogens is 389 g/mol. The maximum Gasteiger partial charge on any atom is 0.169 e. The molecule has 0 saturated heterocycles. The fraction of sp³-hybridized carbons (Fsp3) is 0.333. The average molecular weight is 405 g/mol.